The van der Waals surface area contributed by atoms with Crippen molar-refractivity contribution in [2.45, 2.75) is 347 Å². The standard InChI is InChI=1S/C60H117NO5/c1-3-5-7-9-11-13-15-17-19-21-22-23-24-25-26-28-32-36-40-44-48-52-58(63)57(56-62)61-59(64)53-49-45-41-37-33-30-31-35-39-43-47-51-55-66-60(65)54-50-46-42-38-34-29-27-20-18-16-14-12-10-8-6-4-2/h48,52,57-58,62-63H,3-47,49-51,53-56H2,1-2H3,(H,61,64)/b52-48+. The van der Waals surface area contributed by atoms with Crippen LogP contribution in [-0.2, 0) is 14.3 Å². The summed E-state index contributed by atoms with van der Waals surface area (Å²) in [5, 5.41) is 23.2. The van der Waals surface area contributed by atoms with Gasteiger partial charge in [0.05, 0.1) is 25.4 Å². The summed E-state index contributed by atoms with van der Waals surface area (Å²) in [7, 11) is 0. The normalized spacial score (nSPS) is 12.6. The van der Waals surface area contributed by atoms with Crippen molar-refractivity contribution in [2.75, 3.05) is 13.2 Å². The first-order valence-electron chi connectivity index (χ1n) is 30.0. The first-order valence-corrected chi connectivity index (χ1v) is 30.0. The van der Waals surface area contributed by atoms with Gasteiger partial charge in [-0.3, -0.25) is 9.59 Å². The Morgan fingerprint density at radius 3 is 1.03 bits per heavy atom. The summed E-state index contributed by atoms with van der Waals surface area (Å²) >= 11 is 0. The van der Waals surface area contributed by atoms with Gasteiger partial charge in [-0.2, -0.15) is 0 Å². The fourth-order valence-corrected chi connectivity index (χ4v) is 9.46. The minimum atomic E-state index is -0.854. The van der Waals surface area contributed by atoms with E-state index < -0.39 is 12.1 Å². The van der Waals surface area contributed by atoms with Gasteiger partial charge in [0.2, 0.25) is 5.91 Å². The van der Waals surface area contributed by atoms with Gasteiger partial charge in [-0.05, 0) is 32.1 Å². The van der Waals surface area contributed by atoms with E-state index in [2.05, 4.69) is 19.2 Å². The highest BCUT2D eigenvalue weighted by atomic mass is 16.5. The van der Waals surface area contributed by atoms with Crippen LogP contribution in [0.2, 0.25) is 0 Å². The lowest BCUT2D eigenvalue weighted by atomic mass is 10.0. The molecule has 0 spiro atoms. The highest BCUT2D eigenvalue weighted by Crippen LogP contribution is 2.18. The number of hydrogen-bond donors (Lipinski definition) is 3. The Kier molecular flexibility index (Phi) is 55.0. The zero-order chi connectivity index (χ0) is 47.9. The lowest BCUT2D eigenvalue weighted by Crippen LogP contribution is -2.45. The van der Waals surface area contributed by atoms with E-state index in [0.29, 0.717) is 19.4 Å². The van der Waals surface area contributed by atoms with Crippen molar-refractivity contribution in [2.24, 2.45) is 0 Å². The lowest BCUT2D eigenvalue weighted by Gasteiger charge is -2.20. The third kappa shape index (κ3) is 52.0. The summed E-state index contributed by atoms with van der Waals surface area (Å²) in [6.07, 6.45) is 66.6. The first-order chi connectivity index (χ1) is 32.5. The van der Waals surface area contributed by atoms with Crippen LogP contribution in [0, 0.1) is 0 Å². The van der Waals surface area contributed by atoms with Crippen molar-refractivity contribution in [3.05, 3.63) is 12.2 Å². The van der Waals surface area contributed by atoms with E-state index in [-0.39, 0.29) is 18.5 Å². The minimum Gasteiger partial charge on any atom is -0.466 e. The van der Waals surface area contributed by atoms with E-state index in [1.807, 2.05) is 6.08 Å². The van der Waals surface area contributed by atoms with Crippen molar-refractivity contribution in [3.8, 4) is 0 Å². The van der Waals surface area contributed by atoms with Crippen LogP contribution in [0.3, 0.4) is 0 Å². The van der Waals surface area contributed by atoms with Crippen LogP contribution in [-0.4, -0.2) is 47.4 Å². The van der Waals surface area contributed by atoms with E-state index in [4.69, 9.17) is 4.74 Å². The number of aliphatic hydroxyl groups excluding tert-OH is 2. The topological polar surface area (TPSA) is 95.9 Å². The number of nitrogens with one attached hydrogen (secondary N) is 1. The SMILES string of the molecule is CCCCCCCCCCCCCCCCCCCCC/C=C/C(O)C(CO)NC(=O)CCCCCCCCCCCCCCOC(=O)CCCCCCCCCCCCCCCCCC. The van der Waals surface area contributed by atoms with Crippen LogP contribution in [0.1, 0.15) is 335 Å². The van der Waals surface area contributed by atoms with Crippen molar-refractivity contribution in [3.63, 3.8) is 0 Å². The monoisotopic (exact) mass is 932 g/mol. The number of rotatable bonds is 56. The zero-order valence-corrected chi connectivity index (χ0v) is 44.7. The third-order valence-electron chi connectivity index (χ3n) is 14.1. The molecule has 3 N–H and O–H groups in total. The molecule has 2 atom stereocenters. The molecule has 0 aliphatic heterocycles. The molecule has 0 saturated heterocycles. The van der Waals surface area contributed by atoms with E-state index >= 15 is 0 Å². The molecule has 0 aromatic rings. The molecule has 0 saturated carbocycles. The number of hydrogen-bond acceptors (Lipinski definition) is 5. The van der Waals surface area contributed by atoms with Gasteiger partial charge in [0.25, 0.3) is 0 Å². The molecule has 0 aliphatic rings. The fraction of sp³-hybridized carbons (Fsp3) is 0.933. The first kappa shape index (κ1) is 64.6. The maximum Gasteiger partial charge on any atom is 0.305 e. The van der Waals surface area contributed by atoms with Crippen molar-refractivity contribution in [1.29, 1.82) is 0 Å². The highest BCUT2D eigenvalue weighted by molar-refractivity contribution is 5.76. The molecule has 2 unspecified atom stereocenters. The summed E-state index contributed by atoms with van der Waals surface area (Å²) < 4.78 is 5.48. The Bertz CT molecular complexity index is 986. The molecule has 392 valence electrons. The summed E-state index contributed by atoms with van der Waals surface area (Å²) in [6, 6.07) is -0.639. The Morgan fingerprint density at radius 2 is 0.697 bits per heavy atom. The Hall–Kier alpha value is -1.40. The van der Waals surface area contributed by atoms with E-state index in [9.17, 15) is 19.8 Å². The van der Waals surface area contributed by atoms with Gasteiger partial charge in [-0.15, -0.1) is 0 Å². The van der Waals surface area contributed by atoms with Gasteiger partial charge < -0.3 is 20.3 Å². The fourth-order valence-electron chi connectivity index (χ4n) is 9.46. The molecule has 0 rings (SSSR count). The molecule has 6 heteroatoms. The molecular formula is C60H117NO5. The number of amides is 1. The van der Waals surface area contributed by atoms with Crippen molar-refractivity contribution in [1.82, 2.24) is 5.32 Å². The average molecular weight is 933 g/mol. The van der Waals surface area contributed by atoms with Crippen LogP contribution < -0.4 is 5.32 Å². The lowest BCUT2D eigenvalue weighted by molar-refractivity contribution is -0.143. The second-order valence-electron chi connectivity index (χ2n) is 20.7. The molecule has 0 fully saturated rings. The quantitative estimate of drug-likeness (QED) is 0.0321. The van der Waals surface area contributed by atoms with Crippen LogP contribution >= 0.6 is 0 Å². The molecular weight excluding hydrogens is 815 g/mol. The number of carbonyl (C=O) groups excluding carboxylic acids is 2. The average Bonchev–Trinajstić information content (AvgIpc) is 3.32. The van der Waals surface area contributed by atoms with Gasteiger partial charge in [-0.1, -0.05) is 302 Å². The zero-order valence-electron chi connectivity index (χ0n) is 44.7. The van der Waals surface area contributed by atoms with Crippen LogP contribution in [0.5, 0.6) is 0 Å². The number of esters is 1. The molecule has 0 aliphatic carbocycles. The molecule has 0 aromatic heterocycles. The predicted molar refractivity (Wildman–Crippen MR) is 287 cm³/mol. The van der Waals surface area contributed by atoms with Gasteiger partial charge >= 0.3 is 5.97 Å². The summed E-state index contributed by atoms with van der Waals surface area (Å²) in [4.78, 5) is 24.6. The van der Waals surface area contributed by atoms with Crippen molar-refractivity contribution < 1.29 is 24.5 Å². The van der Waals surface area contributed by atoms with E-state index in [1.54, 1.807) is 6.08 Å². The van der Waals surface area contributed by atoms with Gasteiger partial charge in [0.1, 0.15) is 0 Å². The molecule has 6 nitrogen and oxygen atoms in total. The third-order valence-corrected chi connectivity index (χ3v) is 14.1. The van der Waals surface area contributed by atoms with Gasteiger partial charge in [0.15, 0.2) is 0 Å². The maximum atomic E-state index is 12.5. The minimum absolute atomic E-state index is 0.00637. The summed E-state index contributed by atoms with van der Waals surface area (Å²) in [6.45, 7) is 4.90. The Morgan fingerprint density at radius 1 is 0.409 bits per heavy atom. The molecule has 1 amide bonds. The van der Waals surface area contributed by atoms with Gasteiger partial charge in [0, 0.05) is 12.8 Å². The second-order valence-corrected chi connectivity index (χ2v) is 20.7. The molecule has 0 bridgehead atoms. The molecule has 0 radical (unpaired) electrons. The van der Waals surface area contributed by atoms with E-state index in [1.165, 1.54) is 250 Å². The number of aliphatic hydroxyl groups is 2. The van der Waals surface area contributed by atoms with E-state index in [0.717, 1.165) is 57.8 Å². The van der Waals surface area contributed by atoms with Crippen LogP contribution in [0.25, 0.3) is 0 Å². The van der Waals surface area contributed by atoms with Gasteiger partial charge in [-0.25, -0.2) is 0 Å². The number of carbonyl (C=O) groups is 2. The smallest absolute Gasteiger partial charge is 0.305 e. The Balaban J connectivity index is 3.47. The highest BCUT2D eigenvalue weighted by Gasteiger charge is 2.18. The largest absolute Gasteiger partial charge is 0.466 e. The molecule has 66 heavy (non-hydrogen) atoms. The van der Waals surface area contributed by atoms with Crippen LogP contribution in [0.15, 0.2) is 12.2 Å². The second kappa shape index (κ2) is 56.2. The molecule has 0 aromatic carbocycles. The summed E-state index contributed by atoms with van der Waals surface area (Å²) in [5.74, 6) is -0.0860. The number of unbranched alkanes of at least 4 members (excludes halogenated alkanes) is 45. The number of ether oxygens (including phenoxy) is 1. The molecule has 0 heterocycles. The Labute approximate surface area is 412 Å². The van der Waals surface area contributed by atoms with Crippen LogP contribution in [0.4, 0.5) is 0 Å². The predicted octanol–water partition coefficient (Wildman–Crippen LogP) is 18.5. The van der Waals surface area contributed by atoms with Crippen molar-refractivity contribution >= 4 is 11.9 Å². The summed E-state index contributed by atoms with van der Waals surface area (Å²) in [5.41, 5.74) is 0. The maximum absolute atomic E-state index is 12.5. The number of allylic oxidation sites excluding steroid dienone is 1.